The highest BCUT2D eigenvalue weighted by molar-refractivity contribution is 6.51. The highest BCUT2D eigenvalue weighted by Gasteiger charge is 2.54. The molecule has 196 valence electrons. The van der Waals surface area contributed by atoms with Crippen LogP contribution in [0.1, 0.15) is 130 Å². The van der Waals surface area contributed by atoms with Crippen molar-refractivity contribution in [3.63, 3.8) is 0 Å². The maximum absolute atomic E-state index is 5.77. The highest BCUT2D eigenvalue weighted by atomic mass is 35.5. The van der Waals surface area contributed by atoms with Crippen molar-refractivity contribution in [2.24, 2.45) is 5.92 Å². The molecule has 0 aliphatic carbocycles. The molecule has 0 radical (unpaired) electrons. The van der Waals surface area contributed by atoms with E-state index in [1.807, 2.05) is 0 Å². The van der Waals surface area contributed by atoms with Crippen molar-refractivity contribution in [2.45, 2.75) is 130 Å². The van der Waals surface area contributed by atoms with Crippen molar-refractivity contribution in [1.29, 1.82) is 0 Å². The minimum Gasteiger partial charge on any atom is -1.00 e. The average molecular weight is 496 g/mol. The molecular weight excluding hydrogens is 438 g/mol. The predicted molar refractivity (Wildman–Crippen MR) is 136 cm³/mol. The van der Waals surface area contributed by atoms with Crippen molar-refractivity contribution in [2.75, 3.05) is 34.4 Å². The summed E-state index contributed by atoms with van der Waals surface area (Å²) in [5.74, 6) is 0.693. The summed E-state index contributed by atoms with van der Waals surface area (Å²) in [6.45, 7) is 9.01. The Kier molecular flexibility index (Phi) is 26.4. The molecule has 0 saturated heterocycles. The Morgan fingerprint density at radius 2 is 0.906 bits per heavy atom. The van der Waals surface area contributed by atoms with Gasteiger partial charge in [0.1, 0.15) is 0 Å². The number of nitrogens with one attached hydrogen (secondary N) is 1. The minimum atomic E-state index is -2.61. The van der Waals surface area contributed by atoms with Crippen LogP contribution in [0, 0.1) is 5.92 Å². The van der Waals surface area contributed by atoms with E-state index < -0.39 is 8.97 Å². The summed E-state index contributed by atoms with van der Waals surface area (Å²) in [4.78, 5) is 0. The summed E-state index contributed by atoms with van der Waals surface area (Å²) in [6.07, 6.45) is 23.7. The molecule has 4 nitrogen and oxygen atoms in total. The molecule has 0 aliphatic heterocycles. The molecular formula is C26H58ClNO3Si. The summed E-state index contributed by atoms with van der Waals surface area (Å²) in [6, 6.07) is 0. The molecule has 32 heavy (non-hydrogen) atoms. The van der Waals surface area contributed by atoms with E-state index in [-0.39, 0.29) is 12.4 Å². The summed E-state index contributed by atoms with van der Waals surface area (Å²) in [5, 5.41) is 0. The number of halogens is 1. The Bertz CT molecular complexity index is 363. The fraction of sp³-hybridized carbons (Fsp3) is 1.00. The van der Waals surface area contributed by atoms with Crippen molar-refractivity contribution in [3.05, 3.63) is 0 Å². The normalized spacial score (nSPS) is 12.8. The molecule has 0 aromatic rings. The van der Waals surface area contributed by atoms with E-state index in [4.69, 9.17) is 13.3 Å². The predicted octanol–water partition coefficient (Wildman–Crippen LogP) is 3.56. The highest BCUT2D eigenvalue weighted by Crippen LogP contribution is 2.13. The SMILES string of the molecule is CCCCCCCCCCCCCCCCCC[NH+](CCC(C)C)[Si](OC)(OC)OC.[Cl-]. The van der Waals surface area contributed by atoms with Gasteiger partial charge in [0.2, 0.25) is 0 Å². The maximum Gasteiger partial charge on any atom is 0.782 e. The van der Waals surface area contributed by atoms with Crippen LogP contribution >= 0.6 is 0 Å². The van der Waals surface area contributed by atoms with Gasteiger partial charge in [-0.2, -0.15) is 0 Å². The van der Waals surface area contributed by atoms with Crippen molar-refractivity contribution < 1.29 is 30.3 Å². The zero-order valence-corrected chi connectivity index (χ0v) is 24.4. The van der Waals surface area contributed by atoms with Gasteiger partial charge in [0.25, 0.3) is 0 Å². The number of rotatable bonds is 24. The fourth-order valence-corrected chi connectivity index (χ4v) is 6.76. The van der Waals surface area contributed by atoms with Crippen LogP contribution in [-0.4, -0.2) is 43.4 Å². The maximum atomic E-state index is 5.77. The van der Waals surface area contributed by atoms with Crippen LogP contribution in [0.15, 0.2) is 0 Å². The molecule has 0 aliphatic rings. The van der Waals surface area contributed by atoms with Gasteiger partial charge in [-0.3, -0.25) is 0 Å². The van der Waals surface area contributed by atoms with E-state index in [0.29, 0.717) is 5.92 Å². The standard InChI is InChI=1S/C26H57NO3Si.ClH/c1-7-8-9-10-11-12-13-14-15-16-17-18-19-20-21-22-24-27(25-23-26(2)3)31(28-4,29-5)30-6;/h26H,7-25H2,1-6H3;1H. The molecule has 0 saturated carbocycles. The van der Waals surface area contributed by atoms with Gasteiger partial charge in [-0.05, 0) is 25.2 Å². The first-order valence-corrected chi connectivity index (χ1v) is 15.3. The average Bonchev–Trinajstić information content (AvgIpc) is 2.77. The lowest BCUT2D eigenvalue weighted by Crippen LogP contribution is -3.24. The van der Waals surface area contributed by atoms with Crippen LogP contribution in [-0.2, 0) is 13.3 Å². The van der Waals surface area contributed by atoms with Gasteiger partial charge < -0.3 is 30.3 Å². The largest absolute Gasteiger partial charge is 1.00 e. The fourth-order valence-electron chi connectivity index (χ4n) is 4.46. The van der Waals surface area contributed by atoms with Crippen molar-refractivity contribution >= 4 is 8.97 Å². The topological polar surface area (TPSA) is 32.1 Å². The van der Waals surface area contributed by atoms with E-state index in [1.165, 1.54) is 114 Å². The molecule has 1 atom stereocenters. The number of unbranched alkanes of at least 4 members (excludes halogenated alkanes) is 15. The molecule has 0 fully saturated rings. The Morgan fingerprint density at radius 1 is 0.562 bits per heavy atom. The molecule has 0 rings (SSSR count). The van der Waals surface area contributed by atoms with E-state index in [2.05, 4.69) is 20.8 Å². The van der Waals surface area contributed by atoms with Gasteiger partial charge in [0.05, 0.1) is 13.1 Å². The van der Waals surface area contributed by atoms with Crippen LogP contribution in [0.3, 0.4) is 0 Å². The van der Waals surface area contributed by atoms with E-state index in [0.717, 1.165) is 13.1 Å². The molecule has 0 amide bonds. The summed E-state index contributed by atoms with van der Waals surface area (Å²) in [5.41, 5.74) is 0. The zero-order valence-electron chi connectivity index (χ0n) is 22.6. The summed E-state index contributed by atoms with van der Waals surface area (Å²) in [7, 11) is 2.61. The van der Waals surface area contributed by atoms with Crippen LogP contribution in [0.25, 0.3) is 0 Å². The zero-order chi connectivity index (χ0) is 23.2. The third-order valence-electron chi connectivity index (χ3n) is 6.59. The number of quaternary nitrogens is 1. The first-order valence-electron chi connectivity index (χ1n) is 13.6. The Balaban J connectivity index is 0. The van der Waals surface area contributed by atoms with Gasteiger partial charge in [0, 0.05) is 21.3 Å². The molecule has 0 spiro atoms. The van der Waals surface area contributed by atoms with E-state index >= 15 is 0 Å². The smallest absolute Gasteiger partial charge is 0.782 e. The Hall–Kier alpha value is 0.347. The van der Waals surface area contributed by atoms with Crippen LogP contribution in [0.4, 0.5) is 0 Å². The second-order valence-corrected chi connectivity index (χ2v) is 12.8. The summed E-state index contributed by atoms with van der Waals surface area (Å²) < 4.78 is 18.7. The van der Waals surface area contributed by atoms with Crippen LogP contribution < -0.4 is 17.0 Å². The second kappa shape index (κ2) is 24.5. The lowest BCUT2D eigenvalue weighted by atomic mass is 10.0. The minimum absolute atomic E-state index is 0. The molecule has 0 bridgehead atoms. The van der Waals surface area contributed by atoms with Crippen LogP contribution in [0.2, 0.25) is 0 Å². The lowest BCUT2D eigenvalue weighted by Gasteiger charge is -2.31. The van der Waals surface area contributed by atoms with Gasteiger partial charge >= 0.3 is 8.97 Å². The first kappa shape index (κ1) is 34.5. The summed E-state index contributed by atoms with van der Waals surface area (Å²) >= 11 is 0. The molecule has 6 heteroatoms. The molecule has 0 aromatic heterocycles. The van der Waals surface area contributed by atoms with Gasteiger partial charge in [-0.25, -0.2) is 0 Å². The number of hydrogen-bond donors (Lipinski definition) is 1. The van der Waals surface area contributed by atoms with Crippen molar-refractivity contribution in [1.82, 2.24) is 0 Å². The van der Waals surface area contributed by atoms with Gasteiger partial charge in [0.15, 0.2) is 0 Å². The first-order chi connectivity index (χ1) is 15.1. The third-order valence-corrected chi connectivity index (χ3v) is 9.57. The molecule has 1 N–H and O–H groups in total. The van der Waals surface area contributed by atoms with E-state index in [9.17, 15) is 0 Å². The number of hydrogen-bond acceptors (Lipinski definition) is 3. The van der Waals surface area contributed by atoms with Gasteiger partial charge in [-0.1, -0.05) is 111 Å². The molecule has 1 unspecified atom stereocenters. The third kappa shape index (κ3) is 17.8. The Labute approximate surface area is 209 Å². The second-order valence-electron chi connectivity index (χ2n) is 9.76. The van der Waals surface area contributed by atoms with Crippen LogP contribution in [0.5, 0.6) is 0 Å². The van der Waals surface area contributed by atoms with E-state index in [1.54, 1.807) is 21.3 Å². The molecule has 0 aromatic carbocycles. The Morgan fingerprint density at radius 3 is 1.22 bits per heavy atom. The quantitative estimate of drug-likeness (QED) is 0.164. The monoisotopic (exact) mass is 495 g/mol. The van der Waals surface area contributed by atoms with Gasteiger partial charge in [-0.15, -0.1) is 0 Å². The molecule has 0 heterocycles. The van der Waals surface area contributed by atoms with Crippen molar-refractivity contribution in [3.8, 4) is 0 Å². The lowest BCUT2D eigenvalue weighted by molar-refractivity contribution is -0.826.